The zero-order valence-electron chi connectivity index (χ0n) is 26.0. The number of anilines is 1. The van der Waals surface area contributed by atoms with Crippen molar-refractivity contribution in [3.05, 3.63) is 53.9 Å². The molecule has 0 bridgehead atoms. The van der Waals surface area contributed by atoms with Crippen LogP contribution in [-0.4, -0.2) is 89.5 Å². The van der Waals surface area contributed by atoms with Crippen molar-refractivity contribution in [3.8, 4) is 5.75 Å². The van der Waals surface area contributed by atoms with Crippen molar-refractivity contribution in [2.75, 3.05) is 38.7 Å². The molecule has 0 aliphatic carbocycles. The summed E-state index contributed by atoms with van der Waals surface area (Å²) in [5.74, 6) is -1.05. The summed E-state index contributed by atoms with van der Waals surface area (Å²) in [6.07, 6.45) is -0.977. The first-order chi connectivity index (χ1) is 20.9. The lowest BCUT2D eigenvalue weighted by Crippen LogP contribution is -2.47. The Bertz CT molecular complexity index is 1200. The standard InChI is InChI=1S/C32H45F3N4O5/c1-22-18-39(23(2)21-40)31(42)27-17-26(37-30(41)10-13-32(33,34)35)8-9-28(27)44-24(3)7-5-6-16-43-29(22)20-38(4)19-25-11-14-36-15-12-25/h8-9,11-12,14-15,17,22-24,29,40H,5-7,10,13,16,18-21H2,1-4H3,(H,37,41)/t22-,23-,24+,29+/m0/s1. The first-order valence-corrected chi connectivity index (χ1v) is 15.1. The molecule has 244 valence electrons. The smallest absolute Gasteiger partial charge is 0.389 e. The molecule has 1 aliphatic rings. The maximum atomic E-state index is 14.1. The predicted molar refractivity (Wildman–Crippen MR) is 161 cm³/mol. The van der Waals surface area contributed by atoms with E-state index in [4.69, 9.17) is 9.47 Å². The van der Waals surface area contributed by atoms with Gasteiger partial charge in [0, 0.05) is 56.7 Å². The van der Waals surface area contributed by atoms with Gasteiger partial charge in [-0.15, -0.1) is 0 Å². The van der Waals surface area contributed by atoms with Gasteiger partial charge in [-0.25, -0.2) is 0 Å². The molecule has 2 aromatic rings. The summed E-state index contributed by atoms with van der Waals surface area (Å²) in [4.78, 5) is 34.2. The minimum absolute atomic E-state index is 0.121. The monoisotopic (exact) mass is 622 g/mol. The molecule has 0 fully saturated rings. The Kier molecular flexibility index (Phi) is 13.4. The van der Waals surface area contributed by atoms with Gasteiger partial charge in [0.15, 0.2) is 0 Å². The number of aromatic nitrogens is 1. The summed E-state index contributed by atoms with van der Waals surface area (Å²) in [5.41, 5.74) is 1.46. The first-order valence-electron chi connectivity index (χ1n) is 15.1. The van der Waals surface area contributed by atoms with E-state index in [2.05, 4.69) is 15.2 Å². The first kappa shape index (κ1) is 35.3. The molecule has 2 N–H and O–H groups in total. The van der Waals surface area contributed by atoms with E-state index in [-0.39, 0.29) is 42.5 Å². The zero-order chi connectivity index (χ0) is 32.3. The second-order valence-electron chi connectivity index (χ2n) is 11.7. The van der Waals surface area contributed by atoms with Crippen LogP contribution >= 0.6 is 0 Å². The molecule has 0 saturated heterocycles. The third-order valence-electron chi connectivity index (χ3n) is 7.66. The SMILES string of the molecule is C[C@@H]1CCCCO[C@H](CN(C)Cc2ccncc2)[C@@H](C)CN([C@@H](C)CO)C(=O)c2cc(NC(=O)CCC(F)(F)F)ccc2O1. The number of ether oxygens (including phenoxy) is 2. The van der Waals surface area contributed by atoms with Gasteiger partial charge in [-0.2, -0.15) is 13.2 Å². The molecular formula is C32H45F3N4O5. The summed E-state index contributed by atoms with van der Waals surface area (Å²) < 4.78 is 50.5. The summed E-state index contributed by atoms with van der Waals surface area (Å²) in [6, 6.07) is 7.87. The Balaban J connectivity index is 1.89. The molecule has 2 heterocycles. The van der Waals surface area contributed by atoms with E-state index in [1.807, 2.05) is 33.0 Å². The van der Waals surface area contributed by atoms with E-state index in [1.54, 1.807) is 30.3 Å². The Morgan fingerprint density at radius 2 is 1.93 bits per heavy atom. The van der Waals surface area contributed by atoms with E-state index in [0.717, 1.165) is 18.4 Å². The molecule has 1 aromatic carbocycles. The number of hydrogen-bond acceptors (Lipinski definition) is 7. The van der Waals surface area contributed by atoms with Crippen LogP contribution in [0.3, 0.4) is 0 Å². The van der Waals surface area contributed by atoms with Crippen LogP contribution < -0.4 is 10.1 Å². The Morgan fingerprint density at radius 3 is 2.61 bits per heavy atom. The fourth-order valence-corrected chi connectivity index (χ4v) is 5.11. The number of aliphatic hydroxyl groups excluding tert-OH is 1. The number of fused-ring (bicyclic) bond motifs is 1. The van der Waals surface area contributed by atoms with Crippen LogP contribution in [0.2, 0.25) is 0 Å². The molecular weight excluding hydrogens is 577 g/mol. The number of hydrogen-bond donors (Lipinski definition) is 2. The van der Waals surface area contributed by atoms with Gasteiger partial charge < -0.3 is 24.8 Å². The third kappa shape index (κ3) is 11.4. The van der Waals surface area contributed by atoms with Crippen molar-refractivity contribution in [1.29, 1.82) is 0 Å². The number of nitrogens with zero attached hydrogens (tertiary/aromatic N) is 3. The molecule has 44 heavy (non-hydrogen) atoms. The molecule has 3 rings (SSSR count). The minimum Gasteiger partial charge on any atom is -0.490 e. The van der Waals surface area contributed by atoms with E-state index in [9.17, 15) is 27.9 Å². The van der Waals surface area contributed by atoms with Crippen molar-refractivity contribution in [2.24, 2.45) is 5.92 Å². The Hall–Kier alpha value is -3.22. The van der Waals surface area contributed by atoms with Gasteiger partial charge >= 0.3 is 6.18 Å². The van der Waals surface area contributed by atoms with Crippen LogP contribution in [0.25, 0.3) is 0 Å². The van der Waals surface area contributed by atoms with Crippen LogP contribution in [0.1, 0.15) is 68.8 Å². The lowest BCUT2D eigenvalue weighted by atomic mass is 10.0. The molecule has 1 aliphatic heterocycles. The number of benzene rings is 1. The number of carbonyl (C=O) groups is 2. The van der Waals surface area contributed by atoms with Gasteiger partial charge in [-0.05, 0) is 76.1 Å². The fraction of sp³-hybridized carbons (Fsp3) is 0.594. The van der Waals surface area contributed by atoms with Crippen LogP contribution in [0, 0.1) is 5.92 Å². The highest BCUT2D eigenvalue weighted by molar-refractivity contribution is 5.99. The number of likely N-dealkylation sites (N-methyl/N-ethyl adjacent to an activating group) is 1. The number of alkyl halides is 3. The van der Waals surface area contributed by atoms with Gasteiger partial charge in [0.25, 0.3) is 5.91 Å². The molecule has 1 aromatic heterocycles. The number of aliphatic hydroxyl groups is 1. The van der Waals surface area contributed by atoms with Gasteiger partial charge in [0.05, 0.1) is 36.8 Å². The molecule has 12 heteroatoms. The summed E-state index contributed by atoms with van der Waals surface area (Å²) in [6.45, 7) is 7.51. The summed E-state index contributed by atoms with van der Waals surface area (Å²) in [5, 5.41) is 12.6. The number of amides is 2. The van der Waals surface area contributed by atoms with Crippen molar-refractivity contribution < 1.29 is 37.3 Å². The van der Waals surface area contributed by atoms with Crippen molar-refractivity contribution in [1.82, 2.24) is 14.8 Å². The Labute approximate surface area is 257 Å². The molecule has 0 saturated carbocycles. The van der Waals surface area contributed by atoms with Crippen LogP contribution in [0.15, 0.2) is 42.7 Å². The molecule has 4 atom stereocenters. The van der Waals surface area contributed by atoms with Gasteiger partial charge in [-0.1, -0.05) is 6.92 Å². The number of nitrogens with one attached hydrogen (secondary N) is 1. The highest BCUT2D eigenvalue weighted by Gasteiger charge is 2.31. The predicted octanol–water partition coefficient (Wildman–Crippen LogP) is 5.29. The van der Waals surface area contributed by atoms with E-state index >= 15 is 0 Å². The lowest BCUT2D eigenvalue weighted by Gasteiger charge is -2.36. The second-order valence-corrected chi connectivity index (χ2v) is 11.7. The van der Waals surface area contributed by atoms with Gasteiger partial charge in [0.1, 0.15) is 5.75 Å². The number of rotatable bonds is 9. The van der Waals surface area contributed by atoms with Crippen LogP contribution in [0.5, 0.6) is 5.75 Å². The average molecular weight is 623 g/mol. The van der Waals surface area contributed by atoms with E-state index in [1.165, 1.54) is 12.1 Å². The van der Waals surface area contributed by atoms with Crippen molar-refractivity contribution >= 4 is 17.5 Å². The van der Waals surface area contributed by atoms with Gasteiger partial charge in [-0.3, -0.25) is 19.5 Å². The highest BCUT2D eigenvalue weighted by Crippen LogP contribution is 2.29. The molecule has 2 amide bonds. The van der Waals surface area contributed by atoms with Gasteiger partial charge in [0.2, 0.25) is 5.91 Å². The highest BCUT2D eigenvalue weighted by atomic mass is 19.4. The average Bonchev–Trinajstić information content (AvgIpc) is 2.97. The zero-order valence-corrected chi connectivity index (χ0v) is 26.0. The van der Waals surface area contributed by atoms with Crippen molar-refractivity contribution in [2.45, 2.75) is 83.8 Å². The molecule has 0 spiro atoms. The minimum atomic E-state index is -4.46. The topological polar surface area (TPSA) is 104 Å². The lowest BCUT2D eigenvalue weighted by molar-refractivity contribution is -0.142. The maximum absolute atomic E-state index is 14.1. The second kappa shape index (κ2) is 16.7. The number of carbonyl (C=O) groups excluding carboxylic acids is 2. The molecule has 0 unspecified atom stereocenters. The van der Waals surface area contributed by atoms with Crippen molar-refractivity contribution in [3.63, 3.8) is 0 Å². The molecule has 9 nitrogen and oxygen atoms in total. The number of pyridine rings is 1. The summed E-state index contributed by atoms with van der Waals surface area (Å²) >= 11 is 0. The summed E-state index contributed by atoms with van der Waals surface area (Å²) in [7, 11) is 2.01. The number of halogens is 3. The van der Waals surface area contributed by atoms with Crippen LogP contribution in [-0.2, 0) is 16.1 Å². The third-order valence-corrected chi connectivity index (χ3v) is 7.66. The normalized spacial score (nSPS) is 21.2. The largest absolute Gasteiger partial charge is 0.490 e. The fourth-order valence-electron chi connectivity index (χ4n) is 5.11. The maximum Gasteiger partial charge on any atom is 0.389 e. The van der Waals surface area contributed by atoms with Crippen LogP contribution in [0.4, 0.5) is 18.9 Å². The van der Waals surface area contributed by atoms with E-state index in [0.29, 0.717) is 31.9 Å². The Morgan fingerprint density at radius 1 is 1.20 bits per heavy atom. The van der Waals surface area contributed by atoms with E-state index < -0.39 is 36.9 Å². The quantitative estimate of drug-likeness (QED) is 0.392. The molecule has 0 radical (unpaired) electrons.